The van der Waals surface area contributed by atoms with Crippen LogP contribution >= 0.6 is 7.60 Å². The van der Waals surface area contributed by atoms with E-state index in [4.69, 9.17) is 9.05 Å². The Morgan fingerprint density at radius 3 is 1.56 bits per heavy atom. The summed E-state index contributed by atoms with van der Waals surface area (Å²) in [6.07, 6.45) is 0.209. The fourth-order valence-electron chi connectivity index (χ4n) is 2.67. The smallest absolute Gasteiger partial charge is 0.507 e. The van der Waals surface area contributed by atoms with E-state index in [1.54, 1.807) is 0 Å². The van der Waals surface area contributed by atoms with Crippen LogP contribution in [0.4, 0.5) is 0 Å². The minimum Gasteiger partial charge on any atom is -0.507 e. The second-order valence-corrected chi connectivity index (χ2v) is 10.2. The number of phenolic OH excluding ortho intramolecular Hbond substituents is 1. The van der Waals surface area contributed by atoms with Gasteiger partial charge in [0.2, 0.25) is 0 Å². The van der Waals surface area contributed by atoms with Crippen molar-refractivity contribution in [3.8, 4) is 5.75 Å². The molecule has 0 fully saturated rings. The fourth-order valence-corrected chi connectivity index (χ4v) is 4.35. The maximum Gasteiger partial charge on any atom is 2.00 e. The van der Waals surface area contributed by atoms with Crippen molar-refractivity contribution in [3.05, 3.63) is 28.8 Å². The molecule has 1 rings (SSSR count). The van der Waals surface area contributed by atoms with Crippen LogP contribution in [0.2, 0.25) is 0 Å². The molecule has 1 aromatic rings. The zero-order chi connectivity index (χ0) is 18.8. The molecule has 0 aliphatic carbocycles. The molecule has 1 aromatic carbocycles. The van der Waals surface area contributed by atoms with Crippen molar-refractivity contribution in [1.82, 2.24) is 0 Å². The van der Waals surface area contributed by atoms with E-state index >= 15 is 0 Å². The van der Waals surface area contributed by atoms with E-state index in [2.05, 4.69) is 41.5 Å². The molecule has 6 heteroatoms. The van der Waals surface area contributed by atoms with Crippen LogP contribution in [0.3, 0.4) is 0 Å². The number of aromatic hydroxyl groups is 1. The van der Waals surface area contributed by atoms with Gasteiger partial charge in [0.05, 0.1) is 19.4 Å². The summed E-state index contributed by atoms with van der Waals surface area (Å²) >= 11 is 0. The van der Waals surface area contributed by atoms with Gasteiger partial charge in [0.15, 0.2) is 0 Å². The Bertz CT molecular complexity index is 570. The van der Waals surface area contributed by atoms with Crippen LogP contribution < -0.4 is 0 Å². The first-order valence-corrected chi connectivity index (χ1v) is 10.3. The molecule has 0 atom stereocenters. The molecule has 25 heavy (non-hydrogen) atoms. The van der Waals surface area contributed by atoms with Crippen LogP contribution in [0.5, 0.6) is 5.75 Å². The van der Waals surface area contributed by atoms with Gasteiger partial charge in [0, 0.05) is 0 Å². The molecule has 0 unspecified atom stereocenters. The van der Waals surface area contributed by atoms with E-state index in [1.807, 2.05) is 26.0 Å². The maximum atomic E-state index is 12.9. The summed E-state index contributed by atoms with van der Waals surface area (Å²) in [5.74, 6) is 0.321. The zero-order valence-electron chi connectivity index (χ0n) is 17.1. The topological polar surface area (TPSA) is 55.8 Å². The average Bonchev–Trinajstić information content (AvgIpc) is 2.38. The molecule has 0 radical (unpaired) electrons. The van der Waals surface area contributed by atoms with Crippen molar-refractivity contribution >= 4 is 45.3 Å². The number of benzene rings is 1. The quantitative estimate of drug-likeness (QED) is 0.519. The molecule has 0 aliphatic heterocycles. The largest absolute Gasteiger partial charge is 2.00 e. The number of rotatable bonds is 6. The molecular weight excluding hydrogens is 363 g/mol. The van der Waals surface area contributed by atoms with Crippen LogP contribution in [0.25, 0.3) is 0 Å². The Morgan fingerprint density at radius 1 is 0.920 bits per heavy atom. The van der Waals surface area contributed by atoms with Crippen LogP contribution in [-0.2, 0) is 30.6 Å². The predicted octanol–water partition coefficient (Wildman–Crippen LogP) is 5.37. The molecule has 138 valence electrons. The van der Waals surface area contributed by atoms with E-state index in [1.165, 1.54) is 0 Å². The predicted molar refractivity (Wildman–Crippen MR) is 106 cm³/mol. The van der Waals surface area contributed by atoms with Crippen LogP contribution in [0.15, 0.2) is 12.1 Å². The van der Waals surface area contributed by atoms with Gasteiger partial charge < -0.3 is 14.2 Å². The summed E-state index contributed by atoms with van der Waals surface area (Å²) in [6, 6.07) is 3.85. The Balaban J connectivity index is 0.00000576. The molecule has 0 aromatic heterocycles. The second kappa shape index (κ2) is 9.57. The van der Waals surface area contributed by atoms with Gasteiger partial charge in [0.1, 0.15) is 5.75 Å². The summed E-state index contributed by atoms with van der Waals surface area (Å²) in [7, 11) is -3.18. The maximum absolute atomic E-state index is 12.9. The van der Waals surface area contributed by atoms with Crippen LogP contribution in [-0.4, -0.2) is 56.1 Å². The number of hydrogen-bond donors (Lipinski definition) is 1. The van der Waals surface area contributed by atoms with Crippen LogP contribution in [0.1, 0.15) is 72.1 Å². The minimum atomic E-state index is -3.18. The molecule has 0 heterocycles. The van der Waals surface area contributed by atoms with E-state index < -0.39 is 7.60 Å². The molecule has 0 aliphatic rings. The van der Waals surface area contributed by atoms with Crippen molar-refractivity contribution in [2.45, 2.75) is 72.4 Å². The van der Waals surface area contributed by atoms with Crippen molar-refractivity contribution < 1.29 is 18.7 Å². The molecular formula is C19H33CaO4P+2. The van der Waals surface area contributed by atoms with Gasteiger partial charge in [-0.1, -0.05) is 53.7 Å². The molecule has 0 saturated carbocycles. The van der Waals surface area contributed by atoms with Crippen molar-refractivity contribution in [2.24, 2.45) is 0 Å². The van der Waals surface area contributed by atoms with E-state index in [0.717, 1.165) is 16.7 Å². The van der Waals surface area contributed by atoms with Crippen molar-refractivity contribution in [2.75, 3.05) is 13.2 Å². The third kappa shape index (κ3) is 7.16. The average molecular weight is 397 g/mol. The van der Waals surface area contributed by atoms with E-state index in [-0.39, 0.29) is 54.7 Å². The van der Waals surface area contributed by atoms with Gasteiger partial charge in [-0.2, -0.15) is 0 Å². The van der Waals surface area contributed by atoms with Gasteiger partial charge in [-0.05, 0) is 41.4 Å². The van der Waals surface area contributed by atoms with Crippen LogP contribution in [0, 0.1) is 0 Å². The van der Waals surface area contributed by atoms with Crippen molar-refractivity contribution in [3.63, 3.8) is 0 Å². The first-order valence-electron chi connectivity index (χ1n) is 8.59. The molecule has 0 bridgehead atoms. The molecule has 0 amide bonds. The number of hydrogen-bond acceptors (Lipinski definition) is 4. The summed E-state index contributed by atoms with van der Waals surface area (Å²) < 4.78 is 23.7. The van der Waals surface area contributed by atoms with Gasteiger partial charge in [-0.25, -0.2) is 0 Å². The Morgan fingerprint density at radius 2 is 1.28 bits per heavy atom. The van der Waals surface area contributed by atoms with Gasteiger partial charge in [0.25, 0.3) is 0 Å². The number of phenols is 1. The second-order valence-electron chi connectivity index (χ2n) is 8.14. The first-order chi connectivity index (χ1) is 10.8. The summed E-state index contributed by atoms with van der Waals surface area (Å²) in [5, 5.41) is 10.8. The SMILES string of the molecule is CCOP(=O)(Cc1cc(C(C)(C)C)c(O)c(C(C)(C)C)c1)OCC.[Ca+2]. The fraction of sp³-hybridized carbons (Fsp3) is 0.684. The Labute approximate surface area is 183 Å². The molecule has 0 saturated heterocycles. The summed E-state index contributed by atoms with van der Waals surface area (Å²) in [6.45, 7) is 16.7. The standard InChI is InChI=1S/C19H33O4P.Ca/c1-9-22-24(21,23-10-2)13-14-11-15(18(3,4)5)17(20)16(12-14)19(6,7)8;/h11-12,20H,9-10,13H2,1-8H3;/q;+2. The van der Waals surface area contributed by atoms with Gasteiger partial charge in [-0.3, -0.25) is 4.57 Å². The normalized spacial score (nSPS) is 12.8. The monoisotopic (exact) mass is 396 g/mol. The van der Waals surface area contributed by atoms with Crippen molar-refractivity contribution in [1.29, 1.82) is 0 Å². The molecule has 0 spiro atoms. The van der Waals surface area contributed by atoms with Gasteiger partial charge >= 0.3 is 45.3 Å². The van der Waals surface area contributed by atoms with E-state index in [0.29, 0.717) is 19.0 Å². The van der Waals surface area contributed by atoms with Gasteiger partial charge in [-0.15, -0.1) is 0 Å². The Kier molecular flexibility index (Phi) is 9.74. The van der Waals surface area contributed by atoms with E-state index in [9.17, 15) is 9.67 Å². The minimum absolute atomic E-state index is 0. The first kappa shape index (κ1) is 25.4. The molecule has 4 nitrogen and oxygen atoms in total. The third-order valence-electron chi connectivity index (χ3n) is 3.81. The summed E-state index contributed by atoms with van der Waals surface area (Å²) in [4.78, 5) is 0. The summed E-state index contributed by atoms with van der Waals surface area (Å²) in [5.41, 5.74) is 2.13. The zero-order valence-corrected chi connectivity index (χ0v) is 20.2. The third-order valence-corrected chi connectivity index (χ3v) is 5.87. The molecule has 1 N–H and O–H groups in total. The Hall–Kier alpha value is 0.430.